The van der Waals surface area contributed by atoms with Crippen molar-refractivity contribution in [1.29, 1.82) is 0 Å². The highest BCUT2D eigenvalue weighted by Crippen LogP contribution is 2.37. The Labute approximate surface area is 238 Å². The van der Waals surface area contributed by atoms with Gasteiger partial charge in [0.15, 0.2) is 0 Å². The van der Waals surface area contributed by atoms with Crippen LogP contribution < -0.4 is 9.88 Å². The lowest BCUT2D eigenvalue weighted by molar-refractivity contribution is -0.138. The summed E-state index contributed by atoms with van der Waals surface area (Å²) in [6, 6.07) is 8.56. The number of aromatic nitrogens is 2. The topological polar surface area (TPSA) is 128 Å². The number of imide groups is 1. The summed E-state index contributed by atoms with van der Waals surface area (Å²) in [6.07, 6.45) is -0.885. The average Bonchev–Trinajstić information content (AvgIpc) is 3.43. The van der Waals surface area contributed by atoms with Crippen molar-refractivity contribution < 1.29 is 35.9 Å². The van der Waals surface area contributed by atoms with Crippen LogP contribution >= 0.6 is 11.8 Å². The second-order valence-electron chi connectivity index (χ2n) is 9.60. The molecule has 10 nitrogen and oxygen atoms in total. The molecule has 0 saturated carbocycles. The van der Waals surface area contributed by atoms with Crippen molar-refractivity contribution in [2.24, 2.45) is 5.14 Å². The Hall–Kier alpha value is -3.40. The molecular formula is C26H26F3N5O5S2. The SMILES string of the molecule is CCOc1ccc(Cn2ncc3cc(/C=C4\SC(=O)N(C5CCN(S(N)(=O)=O)CC5)C4=O)ccc32)c(C(F)(F)F)c1. The van der Waals surface area contributed by atoms with Gasteiger partial charge < -0.3 is 4.74 Å². The van der Waals surface area contributed by atoms with E-state index in [1.54, 1.807) is 31.2 Å². The molecule has 2 aromatic carbocycles. The van der Waals surface area contributed by atoms with Crippen LogP contribution in [0.5, 0.6) is 5.75 Å². The van der Waals surface area contributed by atoms with Crippen molar-refractivity contribution in [3.63, 3.8) is 0 Å². The average molecular weight is 610 g/mol. The molecule has 2 N–H and O–H groups in total. The number of amides is 2. The van der Waals surface area contributed by atoms with Crippen LogP contribution in [0.3, 0.4) is 0 Å². The normalized spacial score (nSPS) is 18.7. The Bertz CT molecular complexity index is 1650. The van der Waals surface area contributed by atoms with Crippen LogP contribution in [0, 0.1) is 0 Å². The minimum atomic E-state index is -4.57. The number of benzene rings is 2. The van der Waals surface area contributed by atoms with Gasteiger partial charge in [-0.05, 0) is 73.0 Å². The van der Waals surface area contributed by atoms with E-state index < -0.39 is 39.1 Å². The summed E-state index contributed by atoms with van der Waals surface area (Å²) < 4.78 is 72.2. The summed E-state index contributed by atoms with van der Waals surface area (Å²) in [6.45, 7) is 2.06. The fraction of sp³-hybridized carbons (Fsp3) is 0.346. The van der Waals surface area contributed by atoms with Crippen LogP contribution in [0.1, 0.15) is 36.5 Å². The first-order chi connectivity index (χ1) is 19.3. The molecule has 5 rings (SSSR count). The van der Waals surface area contributed by atoms with E-state index in [0.29, 0.717) is 16.5 Å². The maximum Gasteiger partial charge on any atom is 0.416 e. The lowest BCUT2D eigenvalue weighted by Crippen LogP contribution is -2.49. The van der Waals surface area contributed by atoms with E-state index in [1.165, 1.54) is 27.9 Å². The molecule has 218 valence electrons. The van der Waals surface area contributed by atoms with E-state index in [1.807, 2.05) is 0 Å². The number of alkyl halides is 3. The highest BCUT2D eigenvalue weighted by molar-refractivity contribution is 8.18. The Morgan fingerprint density at radius 2 is 1.88 bits per heavy atom. The molecule has 0 bridgehead atoms. The van der Waals surface area contributed by atoms with Gasteiger partial charge in [-0.3, -0.25) is 19.2 Å². The number of nitrogens with two attached hydrogens (primary N) is 1. The third kappa shape index (κ3) is 6.12. The van der Waals surface area contributed by atoms with Gasteiger partial charge >= 0.3 is 6.18 Å². The van der Waals surface area contributed by atoms with E-state index >= 15 is 0 Å². The monoisotopic (exact) mass is 609 g/mol. The molecule has 2 aliphatic heterocycles. The van der Waals surface area contributed by atoms with Gasteiger partial charge in [-0.2, -0.15) is 31.0 Å². The molecule has 3 aromatic rings. The van der Waals surface area contributed by atoms with Crippen molar-refractivity contribution in [2.75, 3.05) is 19.7 Å². The minimum absolute atomic E-state index is 0.0404. The van der Waals surface area contributed by atoms with E-state index in [0.717, 1.165) is 22.1 Å². The fourth-order valence-electron chi connectivity index (χ4n) is 5.00. The van der Waals surface area contributed by atoms with Crippen molar-refractivity contribution in [2.45, 2.75) is 38.5 Å². The Balaban J connectivity index is 1.34. The molecule has 15 heteroatoms. The van der Waals surface area contributed by atoms with Gasteiger partial charge in [-0.25, -0.2) is 5.14 Å². The summed E-state index contributed by atoms with van der Waals surface area (Å²) in [7, 11) is -3.83. The Kier molecular flexibility index (Phi) is 7.89. The maximum absolute atomic E-state index is 13.7. The molecule has 0 atom stereocenters. The van der Waals surface area contributed by atoms with Crippen LogP contribution in [0.2, 0.25) is 0 Å². The van der Waals surface area contributed by atoms with E-state index in [4.69, 9.17) is 9.88 Å². The maximum atomic E-state index is 13.7. The molecule has 2 saturated heterocycles. The molecule has 2 fully saturated rings. The molecule has 0 unspecified atom stereocenters. The molecule has 2 amide bonds. The van der Waals surface area contributed by atoms with Crippen molar-refractivity contribution in [1.82, 2.24) is 19.0 Å². The molecule has 3 heterocycles. The lowest BCUT2D eigenvalue weighted by Gasteiger charge is -2.33. The largest absolute Gasteiger partial charge is 0.494 e. The van der Waals surface area contributed by atoms with Crippen LogP contribution in [0.25, 0.3) is 17.0 Å². The summed E-state index contributed by atoms with van der Waals surface area (Å²) in [5.74, 6) is -0.322. The van der Waals surface area contributed by atoms with E-state index in [2.05, 4.69) is 5.10 Å². The van der Waals surface area contributed by atoms with Gasteiger partial charge in [0.2, 0.25) is 0 Å². The molecule has 0 radical (unpaired) electrons. The number of hydrogen-bond acceptors (Lipinski definition) is 7. The standard InChI is InChI=1S/C26H26F3N5O5S2/c1-2-39-20-5-4-17(21(13-20)26(27,28)29)15-33-22-6-3-16(11-18(22)14-31-33)12-23-24(35)34(25(36)40-23)19-7-9-32(10-8-19)41(30,37)38/h3-6,11-14,19H,2,7-10,15H2,1H3,(H2,30,37,38)/b23-12-. The first-order valence-electron chi connectivity index (χ1n) is 12.7. The van der Waals surface area contributed by atoms with E-state index in [-0.39, 0.29) is 55.3 Å². The molecule has 41 heavy (non-hydrogen) atoms. The van der Waals surface area contributed by atoms with Crippen LogP contribution in [-0.2, 0) is 27.7 Å². The number of halogens is 3. The molecule has 2 aliphatic rings. The molecule has 0 spiro atoms. The third-order valence-electron chi connectivity index (χ3n) is 6.95. The smallest absolute Gasteiger partial charge is 0.416 e. The highest BCUT2D eigenvalue weighted by Gasteiger charge is 2.41. The molecule has 0 aliphatic carbocycles. The van der Waals surface area contributed by atoms with Crippen molar-refractivity contribution in [3.8, 4) is 5.75 Å². The number of thioether (sulfide) groups is 1. The fourth-order valence-corrected chi connectivity index (χ4v) is 6.62. The minimum Gasteiger partial charge on any atom is -0.494 e. The third-order valence-corrected chi connectivity index (χ3v) is 8.92. The van der Waals surface area contributed by atoms with E-state index in [9.17, 15) is 31.2 Å². The second kappa shape index (κ2) is 11.1. The number of nitrogens with zero attached hydrogens (tertiary/aromatic N) is 4. The number of carbonyl (C=O) groups is 2. The zero-order chi connectivity index (χ0) is 29.5. The van der Waals surface area contributed by atoms with Gasteiger partial charge in [-0.15, -0.1) is 0 Å². The van der Waals surface area contributed by atoms with Gasteiger partial charge in [0.05, 0.1) is 35.3 Å². The zero-order valence-corrected chi connectivity index (χ0v) is 23.4. The number of fused-ring (bicyclic) bond motifs is 1. The van der Waals surface area contributed by atoms with Crippen LogP contribution in [-0.4, -0.2) is 64.3 Å². The predicted octanol–water partition coefficient (Wildman–Crippen LogP) is 4.21. The number of ether oxygens (including phenoxy) is 1. The van der Waals surface area contributed by atoms with Gasteiger partial charge in [0.1, 0.15) is 5.75 Å². The molecule has 1 aromatic heterocycles. The van der Waals surface area contributed by atoms with Crippen molar-refractivity contribution >= 4 is 50.1 Å². The number of piperidine rings is 1. The quantitative estimate of drug-likeness (QED) is 0.398. The molecular weight excluding hydrogens is 583 g/mol. The second-order valence-corrected chi connectivity index (χ2v) is 12.1. The number of hydrogen-bond donors (Lipinski definition) is 1. The summed E-state index contributed by atoms with van der Waals surface area (Å²) in [5, 5.41) is 9.66. The first-order valence-corrected chi connectivity index (χ1v) is 15.0. The van der Waals surface area contributed by atoms with Crippen LogP contribution in [0.4, 0.5) is 18.0 Å². The Morgan fingerprint density at radius 1 is 1.15 bits per heavy atom. The lowest BCUT2D eigenvalue weighted by atomic mass is 10.0. The summed E-state index contributed by atoms with van der Waals surface area (Å²) >= 11 is 0.802. The van der Waals surface area contributed by atoms with Gasteiger partial charge in [0.25, 0.3) is 21.4 Å². The van der Waals surface area contributed by atoms with Crippen molar-refractivity contribution in [3.05, 3.63) is 64.2 Å². The Morgan fingerprint density at radius 3 is 2.54 bits per heavy atom. The number of carbonyl (C=O) groups excluding carboxylic acids is 2. The van der Waals surface area contributed by atoms with Gasteiger partial charge in [-0.1, -0.05) is 12.1 Å². The van der Waals surface area contributed by atoms with Gasteiger partial charge in [0, 0.05) is 24.5 Å². The summed E-state index contributed by atoms with van der Waals surface area (Å²) in [4.78, 5) is 27.2. The highest BCUT2D eigenvalue weighted by atomic mass is 32.2. The van der Waals surface area contributed by atoms with Crippen LogP contribution in [0.15, 0.2) is 47.5 Å². The first kappa shape index (κ1) is 29.1. The number of rotatable bonds is 7. The predicted molar refractivity (Wildman–Crippen MR) is 147 cm³/mol. The summed E-state index contributed by atoms with van der Waals surface area (Å²) in [5.41, 5.74) is 0.455. The zero-order valence-electron chi connectivity index (χ0n) is 21.8.